The molecule has 0 aromatic rings. The Bertz CT molecular complexity index is 227. The first-order valence-electron chi connectivity index (χ1n) is 6.18. The molecule has 1 aliphatic rings. The molecule has 0 heterocycles. The molecule has 16 heavy (non-hydrogen) atoms. The first kappa shape index (κ1) is 13.5. The van der Waals surface area contributed by atoms with Crippen LogP contribution in [0.25, 0.3) is 0 Å². The van der Waals surface area contributed by atoms with Crippen LogP contribution >= 0.6 is 0 Å². The first-order valence-corrected chi connectivity index (χ1v) is 6.18. The lowest BCUT2D eigenvalue weighted by Crippen LogP contribution is -2.48. The average molecular weight is 227 g/mol. The lowest BCUT2D eigenvalue weighted by molar-refractivity contribution is -0.120. The van der Waals surface area contributed by atoms with E-state index in [-0.39, 0.29) is 18.0 Å². The Kier molecular flexibility index (Phi) is 4.74. The van der Waals surface area contributed by atoms with Gasteiger partial charge >= 0.3 is 0 Å². The standard InChI is InChI=1S/C12H25N3O/c1-12(2,3)15-10-6-4-9(5-7-10)14-11(16)8-13/h9-10,15H,4-8,13H2,1-3H3,(H,14,16). The summed E-state index contributed by atoms with van der Waals surface area (Å²) in [6, 6.07) is 0.917. The van der Waals surface area contributed by atoms with E-state index in [2.05, 4.69) is 31.4 Å². The van der Waals surface area contributed by atoms with Crippen molar-refractivity contribution in [3.05, 3.63) is 0 Å². The van der Waals surface area contributed by atoms with Crippen LogP contribution in [0.1, 0.15) is 46.5 Å². The summed E-state index contributed by atoms with van der Waals surface area (Å²) in [7, 11) is 0. The highest BCUT2D eigenvalue weighted by molar-refractivity contribution is 5.78. The van der Waals surface area contributed by atoms with Crippen molar-refractivity contribution in [2.75, 3.05) is 6.54 Å². The number of hydrogen-bond acceptors (Lipinski definition) is 3. The molecule has 1 aliphatic carbocycles. The Labute approximate surface area is 98.3 Å². The van der Waals surface area contributed by atoms with Gasteiger partial charge in [-0.05, 0) is 46.5 Å². The highest BCUT2D eigenvalue weighted by Crippen LogP contribution is 2.20. The quantitative estimate of drug-likeness (QED) is 0.667. The molecule has 0 saturated heterocycles. The molecule has 94 valence electrons. The minimum atomic E-state index is -0.0350. The first-order chi connectivity index (χ1) is 7.40. The monoisotopic (exact) mass is 227 g/mol. The van der Waals surface area contributed by atoms with Crippen LogP contribution in [-0.4, -0.2) is 30.1 Å². The molecular weight excluding hydrogens is 202 g/mol. The molecule has 4 N–H and O–H groups in total. The normalized spacial score (nSPS) is 26.5. The molecule has 0 atom stereocenters. The zero-order chi connectivity index (χ0) is 12.2. The fourth-order valence-corrected chi connectivity index (χ4v) is 2.28. The van der Waals surface area contributed by atoms with Gasteiger partial charge in [-0.3, -0.25) is 4.79 Å². The zero-order valence-corrected chi connectivity index (χ0v) is 10.7. The van der Waals surface area contributed by atoms with Gasteiger partial charge in [0.1, 0.15) is 0 Å². The molecular formula is C12H25N3O. The molecule has 0 radical (unpaired) electrons. The van der Waals surface area contributed by atoms with Gasteiger partial charge in [0.15, 0.2) is 0 Å². The number of nitrogens with one attached hydrogen (secondary N) is 2. The van der Waals surface area contributed by atoms with Gasteiger partial charge in [-0.2, -0.15) is 0 Å². The third-order valence-corrected chi connectivity index (χ3v) is 2.91. The molecule has 0 spiro atoms. The van der Waals surface area contributed by atoms with Crippen LogP contribution in [0.15, 0.2) is 0 Å². The molecule has 0 aliphatic heterocycles. The van der Waals surface area contributed by atoms with Crippen LogP contribution in [-0.2, 0) is 4.79 Å². The Balaban J connectivity index is 2.26. The molecule has 1 saturated carbocycles. The van der Waals surface area contributed by atoms with E-state index in [1.54, 1.807) is 0 Å². The van der Waals surface area contributed by atoms with Crippen molar-refractivity contribution >= 4 is 5.91 Å². The number of rotatable bonds is 3. The molecule has 0 unspecified atom stereocenters. The third-order valence-electron chi connectivity index (χ3n) is 2.91. The Morgan fingerprint density at radius 3 is 2.12 bits per heavy atom. The van der Waals surface area contributed by atoms with E-state index in [9.17, 15) is 4.79 Å². The summed E-state index contributed by atoms with van der Waals surface area (Å²) in [5, 5.41) is 6.57. The summed E-state index contributed by atoms with van der Waals surface area (Å²) in [5.41, 5.74) is 5.45. The largest absolute Gasteiger partial charge is 0.352 e. The highest BCUT2D eigenvalue weighted by Gasteiger charge is 2.24. The van der Waals surface area contributed by atoms with Crippen molar-refractivity contribution in [3.63, 3.8) is 0 Å². The summed E-state index contributed by atoms with van der Waals surface area (Å²) in [6.45, 7) is 6.67. The van der Waals surface area contributed by atoms with Gasteiger partial charge in [0, 0.05) is 17.6 Å². The molecule has 0 aromatic carbocycles. The van der Waals surface area contributed by atoms with Gasteiger partial charge in [0.2, 0.25) is 5.91 Å². The Hall–Kier alpha value is -0.610. The molecule has 4 heteroatoms. The number of hydrogen-bond donors (Lipinski definition) is 3. The van der Waals surface area contributed by atoms with E-state index in [0.717, 1.165) is 25.7 Å². The van der Waals surface area contributed by atoms with E-state index in [1.165, 1.54) is 0 Å². The van der Waals surface area contributed by atoms with E-state index < -0.39 is 0 Å². The van der Waals surface area contributed by atoms with Gasteiger partial charge in [-0.15, -0.1) is 0 Å². The molecule has 1 amide bonds. The van der Waals surface area contributed by atoms with Crippen molar-refractivity contribution < 1.29 is 4.79 Å². The smallest absolute Gasteiger partial charge is 0.233 e. The molecule has 1 fully saturated rings. The summed E-state index contributed by atoms with van der Waals surface area (Å²) in [4.78, 5) is 11.1. The lowest BCUT2D eigenvalue weighted by atomic mass is 9.89. The number of nitrogens with two attached hydrogens (primary N) is 1. The second kappa shape index (κ2) is 5.64. The zero-order valence-electron chi connectivity index (χ0n) is 10.7. The highest BCUT2D eigenvalue weighted by atomic mass is 16.1. The van der Waals surface area contributed by atoms with E-state index in [1.807, 2.05) is 0 Å². The van der Waals surface area contributed by atoms with E-state index in [4.69, 9.17) is 5.73 Å². The number of carbonyl (C=O) groups excluding carboxylic acids is 1. The molecule has 4 nitrogen and oxygen atoms in total. The molecule has 0 aromatic heterocycles. The van der Waals surface area contributed by atoms with Crippen LogP contribution in [0.4, 0.5) is 0 Å². The predicted molar refractivity (Wildman–Crippen MR) is 66.1 cm³/mol. The predicted octanol–water partition coefficient (Wildman–Crippen LogP) is 0.761. The number of carbonyl (C=O) groups is 1. The maximum absolute atomic E-state index is 11.1. The van der Waals surface area contributed by atoms with Crippen molar-refractivity contribution in [1.82, 2.24) is 10.6 Å². The molecule has 0 bridgehead atoms. The van der Waals surface area contributed by atoms with Crippen molar-refractivity contribution in [3.8, 4) is 0 Å². The van der Waals surface area contributed by atoms with E-state index >= 15 is 0 Å². The minimum Gasteiger partial charge on any atom is -0.352 e. The lowest BCUT2D eigenvalue weighted by Gasteiger charge is -2.34. The van der Waals surface area contributed by atoms with Gasteiger partial charge in [0.25, 0.3) is 0 Å². The second-order valence-corrected chi connectivity index (χ2v) is 5.71. The second-order valence-electron chi connectivity index (χ2n) is 5.71. The van der Waals surface area contributed by atoms with Crippen LogP contribution in [0, 0.1) is 0 Å². The maximum atomic E-state index is 11.1. The van der Waals surface area contributed by atoms with Gasteiger partial charge in [0.05, 0.1) is 6.54 Å². The van der Waals surface area contributed by atoms with Gasteiger partial charge in [-0.25, -0.2) is 0 Å². The topological polar surface area (TPSA) is 67.1 Å². The summed E-state index contributed by atoms with van der Waals surface area (Å²) >= 11 is 0. The minimum absolute atomic E-state index is 0.0350. The van der Waals surface area contributed by atoms with Crippen molar-refractivity contribution in [2.24, 2.45) is 5.73 Å². The van der Waals surface area contributed by atoms with Gasteiger partial charge < -0.3 is 16.4 Å². The van der Waals surface area contributed by atoms with Crippen LogP contribution in [0.5, 0.6) is 0 Å². The average Bonchev–Trinajstić information content (AvgIpc) is 2.18. The van der Waals surface area contributed by atoms with Crippen molar-refractivity contribution in [1.29, 1.82) is 0 Å². The van der Waals surface area contributed by atoms with E-state index in [0.29, 0.717) is 12.1 Å². The fourth-order valence-electron chi connectivity index (χ4n) is 2.28. The van der Waals surface area contributed by atoms with Crippen LogP contribution < -0.4 is 16.4 Å². The Morgan fingerprint density at radius 1 is 1.19 bits per heavy atom. The number of amides is 1. The van der Waals surface area contributed by atoms with Crippen molar-refractivity contribution in [2.45, 2.75) is 64.1 Å². The third kappa shape index (κ3) is 4.94. The Morgan fingerprint density at radius 2 is 1.69 bits per heavy atom. The summed E-state index contributed by atoms with van der Waals surface area (Å²) < 4.78 is 0. The summed E-state index contributed by atoms with van der Waals surface area (Å²) in [6.07, 6.45) is 4.37. The van der Waals surface area contributed by atoms with Crippen LogP contribution in [0.3, 0.4) is 0 Å². The fraction of sp³-hybridized carbons (Fsp3) is 0.917. The van der Waals surface area contributed by atoms with Gasteiger partial charge in [-0.1, -0.05) is 0 Å². The molecule has 1 rings (SSSR count). The maximum Gasteiger partial charge on any atom is 0.233 e. The summed E-state index contributed by atoms with van der Waals surface area (Å²) in [5.74, 6) is -0.0350. The van der Waals surface area contributed by atoms with Crippen LogP contribution in [0.2, 0.25) is 0 Å². The SMILES string of the molecule is CC(C)(C)NC1CCC(NC(=O)CN)CC1.